The van der Waals surface area contributed by atoms with Crippen LogP contribution in [-0.2, 0) is 5.88 Å². The largest absolute Gasteiger partial charge is 0.296 e. The van der Waals surface area contributed by atoms with E-state index in [0.717, 1.165) is 0 Å². The highest BCUT2D eigenvalue weighted by molar-refractivity contribution is 7.15. The van der Waals surface area contributed by atoms with Crippen molar-refractivity contribution in [2.24, 2.45) is 0 Å². The van der Waals surface area contributed by atoms with Crippen LogP contribution in [0.4, 0.5) is 5.13 Å². The Labute approximate surface area is 112 Å². The van der Waals surface area contributed by atoms with Crippen LogP contribution in [0.3, 0.4) is 0 Å². The van der Waals surface area contributed by atoms with Crippen molar-refractivity contribution >= 4 is 45.6 Å². The number of nitrogens with one attached hydrogen (secondary N) is 1. The molecule has 1 amide bonds. The SMILES string of the molecule is O=C(Nc1nnc(CCl)s1)c1cccc(Cl)c1. The predicted octanol–water partition coefficient (Wildman–Crippen LogP) is 3.18. The van der Waals surface area contributed by atoms with Crippen LogP contribution >= 0.6 is 34.5 Å². The van der Waals surface area contributed by atoms with E-state index in [1.54, 1.807) is 24.3 Å². The van der Waals surface area contributed by atoms with Gasteiger partial charge in [-0.25, -0.2) is 0 Å². The molecule has 17 heavy (non-hydrogen) atoms. The summed E-state index contributed by atoms with van der Waals surface area (Å²) in [4.78, 5) is 11.8. The zero-order chi connectivity index (χ0) is 12.3. The molecule has 1 heterocycles. The van der Waals surface area contributed by atoms with Gasteiger partial charge in [0.2, 0.25) is 5.13 Å². The minimum absolute atomic E-state index is 0.273. The molecule has 0 saturated heterocycles. The zero-order valence-electron chi connectivity index (χ0n) is 8.48. The molecule has 0 saturated carbocycles. The molecule has 1 N–H and O–H groups in total. The third kappa shape index (κ3) is 3.15. The first-order valence-electron chi connectivity index (χ1n) is 4.64. The predicted molar refractivity (Wildman–Crippen MR) is 68.9 cm³/mol. The minimum atomic E-state index is -0.273. The fourth-order valence-electron chi connectivity index (χ4n) is 1.16. The van der Waals surface area contributed by atoms with E-state index in [1.807, 2.05) is 0 Å². The van der Waals surface area contributed by atoms with E-state index in [0.29, 0.717) is 20.7 Å². The van der Waals surface area contributed by atoms with E-state index in [4.69, 9.17) is 23.2 Å². The van der Waals surface area contributed by atoms with Crippen LogP contribution in [0.1, 0.15) is 15.4 Å². The van der Waals surface area contributed by atoms with E-state index in [-0.39, 0.29) is 11.8 Å². The number of nitrogens with zero attached hydrogens (tertiary/aromatic N) is 2. The van der Waals surface area contributed by atoms with Gasteiger partial charge in [-0.05, 0) is 18.2 Å². The second-order valence-corrected chi connectivity index (χ2v) is 4.86. The van der Waals surface area contributed by atoms with Crippen LogP contribution in [0.25, 0.3) is 0 Å². The maximum Gasteiger partial charge on any atom is 0.257 e. The molecule has 0 unspecified atom stereocenters. The van der Waals surface area contributed by atoms with E-state index >= 15 is 0 Å². The average molecular weight is 288 g/mol. The van der Waals surface area contributed by atoms with Gasteiger partial charge in [-0.3, -0.25) is 10.1 Å². The number of hydrogen-bond acceptors (Lipinski definition) is 4. The highest BCUT2D eigenvalue weighted by atomic mass is 35.5. The summed E-state index contributed by atoms with van der Waals surface area (Å²) >= 11 is 12.6. The van der Waals surface area contributed by atoms with Gasteiger partial charge in [-0.15, -0.1) is 21.8 Å². The van der Waals surface area contributed by atoms with Crippen molar-refractivity contribution in [3.8, 4) is 0 Å². The molecule has 4 nitrogen and oxygen atoms in total. The summed E-state index contributed by atoms with van der Waals surface area (Å²) in [5.74, 6) is 0.00908. The molecular weight excluding hydrogens is 281 g/mol. The van der Waals surface area contributed by atoms with Crippen molar-refractivity contribution in [1.29, 1.82) is 0 Å². The van der Waals surface area contributed by atoms with Crippen molar-refractivity contribution in [2.75, 3.05) is 5.32 Å². The third-order valence-electron chi connectivity index (χ3n) is 1.89. The van der Waals surface area contributed by atoms with Crippen LogP contribution in [0.2, 0.25) is 5.02 Å². The molecular formula is C10H7Cl2N3OS. The molecule has 0 atom stereocenters. The monoisotopic (exact) mass is 287 g/mol. The fraction of sp³-hybridized carbons (Fsp3) is 0.100. The van der Waals surface area contributed by atoms with E-state index in [1.165, 1.54) is 11.3 Å². The number of carbonyl (C=O) groups is 1. The molecule has 0 spiro atoms. The maximum atomic E-state index is 11.8. The number of anilines is 1. The lowest BCUT2D eigenvalue weighted by atomic mass is 10.2. The van der Waals surface area contributed by atoms with Crippen molar-refractivity contribution in [2.45, 2.75) is 5.88 Å². The third-order valence-corrected chi connectivity index (χ3v) is 3.37. The summed E-state index contributed by atoms with van der Waals surface area (Å²) in [6, 6.07) is 6.67. The topological polar surface area (TPSA) is 54.9 Å². The standard InChI is InChI=1S/C10H7Cl2N3OS/c11-5-8-14-15-10(17-8)13-9(16)6-2-1-3-7(12)4-6/h1-4H,5H2,(H,13,15,16). The summed E-state index contributed by atoms with van der Waals surface area (Å²) in [7, 11) is 0. The van der Waals surface area contributed by atoms with E-state index < -0.39 is 0 Å². The van der Waals surface area contributed by atoms with E-state index in [9.17, 15) is 4.79 Å². The Kier molecular flexibility index (Phi) is 3.93. The minimum Gasteiger partial charge on any atom is -0.296 e. The summed E-state index contributed by atoms with van der Waals surface area (Å²) in [5.41, 5.74) is 0.472. The zero-order valence-corrected chi connectivity index (χ0v) is 10.8. The number of aromatic nitrogens is 2. The molecule has 0 aliphatic heterocycles. The fourth-order valence-corrected chi connectivity index (χ4v) is 2.15. The molecule has 1 aromatic carbocycles. The molecule has 0 aliphatic carbocycles. The molecule has 0 aliphatic rings. The van der Waals surface area contributed by atoms with Gasteiger partial charge in [0.25, 0.3) is 5.91 Å². The van der Waals surface area contributed by atoms with Gasteiger partial charge >= 0.3 is 0 Å². The van der Waals surface area contributed by atoms with Gasteiger partial charge in [-0.1, -0.05) is 29.0 Å². The maximum absolute atomic E-state index is 11.8. The number of amides is 1. The molecule has 88 valence electrons. The summed E-state index contributed by atoms with van der Waals surface area (Å²) in [6.45, 7) is 0. The van der Waals surface area contributed by atoms with Crippen LogP contribution in [-0.4, -0.2) is 16.1 Å². The second-order valence-electron chi connectivity index (χ2n) is 3.10. The van der Waals surface area contributed by atoms with Crippen LogP contribution in [0, 0.1) is 0 Å². The number of alkyl halides is 1. The van der Waals surface area contributed by atoms with E-state index in [2.05, 4.69) is 15.5 Å². The molecule has 0 bridgehead atoms. The first-order valence-corrected chi connectivity index (χ1v) is 6.37. The Morgan fingerprint density at radius 3 is 2.88 bits per heavy atom. The smallest absolute Gasteiger partial charge is 0.257 e. The van der Waals surface area contributed by atoms with Crippen molar-refractivity contribution in [3.05, 3.63) is 39.9 Å². The lowest BCUT2D eigenvalue weighted by Crippen LogP contribution is -2.11. The first kappa shape index (κ1) is 12.3. The Balaban J connectivity index is 2.11. The molecule has 1 aromatic heterocycles. The number of carbonyl (C=O) groups excluding carboxylic acids is 1. The normalized spacial score (nSPS) is 10.2. The van der Waals surface area contributed by atoms with Gasteiger partial charge in [0.1, 0.15) is 5.01 Å². The lowest BCUT2D eigenvalue weighted by molar-refractivity contribution is 0.102. The summed E-state index contributed by atoms with van der Waals surface area (Å²) < 4.78 is 0. The van der Waals surface area contributed by atoms with Crippen molar-refractivity contribution < 1.29 is 4.79 Å². The highest BCUT2D eigenvalue weighted by Gasteiger charge is 2.09. The van der Waals surface area contributed by atoms with Crippen LogP contribution in [0.15, 0.2) is 24.3 Å². The summed E-state index contributed by atoms with van der Waals surface area (Å²) in [6.07, 6.45) is 0. The molecule has 0 radical (unpaired) electrons. The lowest BCUT2D eigenvalue weighted by Gasteiger charge is -2.00. The number of rotatable bonds is 3. The summed E-state index contributed by atoms with van der Waals surface area (Å²) in [5, 5.41) is 11.8. The van der Waals surface area contributed by atoms with Gasteiger partial charge in [0, 0.05) is 10.6 Å². The van der Waals surface area contributed by atoms with Gasteiger partial charge in [0.05, 0.1) is 5.88 Å². The highest BCUT2D eigenvalue weighted by Crippen LogP contribution is 2.18. The molecule has 0 fully saturated rings. The van der Waals surface area contributed by atoms with Gasteiger partial charge in [-0.2, -0.15) is 0 Å². The average Bonchev–Trinajstić information content (AvgIpc) is 2.77. The van der Waals surface area contributed by atoms with Crippen LogP contribution in [0.5, 0.6) is 0 Å². The number of halogens is 2. The Morgan fingerprint density at radius 2 is 2.24 bits per heavy atom. The molecule has 2 aromatic rings. The Bertz CT molecular complexity index is 544. The second kappa shape index (κ2) is 5.44. The Hall–Kier alpha value is -1.17. The van der Waals surface area contributed by atoms with Crippen molar-refractivity contribution in [1.82, 2.24) is 10.2 Å². The van der Waals surface area contributed by atoms with Crippen LogP contribution < -0.4 is 5.32 Å². The Morgan fingerprint density at radius 1 is 1.41 bits per heavy atom. The number of hydrogen-bond donors (Lipinski definition) is 1. The van der Waals surface area contributed by atoms with Crippen molar-refractivity contribution in [3.63, 3.8) is 0 Å². The van der Waals surface area contributed by atoms with Gasteiger partial charge in [0.15, 0.2) is 0 Å². The quantitative estimate of drug-likeness (QED) is 0.882. The molecule has 7 heteroatoms. The van der Waals surface area contributed by atoms with Gasteiger partial charge < -0.3 is 0 Å². The first-order chi connectivity index (χ1) is 8.19. The number of benzene rings is 1. The molecule has 2 rings (SSSR count).